The number of carbonyl (C=O) groups excluding carboxylic acids is 1. The Hall–Kier alpha value is -4.32. The lowest BCUT2D eigenvalue weighted by Gasteiger charge is -2.40. The Labute approximate surface area is 217 Å². The Morgan fingerprint density at radius 2 is 2.00 bits per heavy atom. The van der Waals surface area contributed by atoms with Gasteiger partial charge in [-0.3, -0.25) is 14.2 Å². The van der Waals surface area contributed by atoms with Crippen LogP contribution in [0.2, 0.25) is 0 Å². The second-order valence-corrected chi connectivity index (χ2v) is 9.36. The first-order chi connectivity index (χ1) is 18.2. The molecule has 4 aromatic rings. The number of anilines is 2. The van der Waals surface area contributed by atoms with Crippen molar-refractivity contribution in [3.63, 3.8) is 0 Å². The number of carbonyl (C=O) groups is 1. The number of ether oxygens (including phenoxy) is 1. The highest BCUT2D eigenvalue weighted by atomic mass is 19.1. The fourth-order valence-corrected chi connectivity index (χ4v) is 4.98. The molecule has 5 N–H and O–H groups in total. The highest BCUT2D eigenvalue weighted by Gasteiger charge is 2.38. The van der Waals surface area contributed by atoms with E-state index in [1.807, 2.05) is 9.30 Å². The van der Waals surface area contributed by atoms with E-state index >= 15 is 0 Å². The number of nitrogens with zero attached hydrogens (tertiary/aromatic N) is 5. The van der Waals surface area contributed by atoms with Crippen LogP contribution < -0.4 is 26.4 Å². The molecular formula is C26H28F2N8O2. The molecule has 0 bridgehead atoms. The number of nitrogens with one attached hydrogen (secondary N) is 1. The molecule has 0 aliphatic carbocycles. The third-order valence-corrected chi connectivity index (χ3v) is 6.93. The number of imidazole rings is 1. The molecule has 1 atom stereocenters. The predicted octanol–water partition coefficient (Wildman–Crippen LogP) is 2.29. The minimum atomic E-state index is -1.07. The van der Waals surface area contributed by atoms with E-state index in [9.17, 15) is 13.6 Å². The summed E-state index contributed by atoms with van der Waals surface area (Å²) in [4.78, 5) is 27.5. The standard InChI is InChI=1S/C26H28F2N8O2/c1-31-25(37)26(30)4-3-6-35(14-26)21-13-33-20(17-10-19(28)22(38-2)11-18(17)27)9-15(21)8-16-12-34-24-23(29)32-5-7-36(16)24/h5,7,9-13H,3-4,6,8,14,30H2,1-2H3,(H2,29,32)(H,31,37)/t26-/m1/s1. The average molecular weight is 523 g/mol. The lowest BCUT2D eigenvalue weighted by molar-refractivity contribution is -0.126. The Morgan fingerprint density at radius 1 is 1.18 bits per heavy atom. The number of halogens is 2. The van der Waals surface area contributed by atoms with Crippen LogP contribution in [0, 0.1) is 11.6 Å². The molecule has 1 saturated heterocycles. The summed E-state index contributed by atoms with van der Waals surface area (Å²) in [5, 5.41) is 2.65. The fraction of sp³-hybridized carbons (Fsp3) is 0.308. The maximum absolute atomic E-state index is 15.0. The summed E-state index contributed by atoms with van der Waals surface area (Å²) < 4.78 is 36.2. The first-order valence-electron chi connectivity index (χ1n) is 12.1. The summed E-state index contributed by atoms with van der Waals surface area (Å²) in [6.45, 7) is 0.926. The molecule has 198 valence electrons. The topological polar surface area (TPSA) is 137 Å². The van der Waals surface area contributed by atoms with Crippen LogP contribution in [0.1, 0.15) is 24.1 Å². The van der Waals surface area contributed by atoms with Gasteiger partial charge in [0.1, 0.15) is 11.4 Å². The number of nitrogen functional groups attached to an aromatic ring is 1. The van der Waals surface area contributed by atoms with Gasteiger partial charge in [-0.05, 0) is 30.5 Å². The van der Waals surface area contributed by atoms with Crippen molar-refractivity contribution in [1.29, 1.82) is 0 Å². The molecule has 1 amide bonds. The number of amides is 1. The van der Waals surface area contributed by atoms with E-state index in [4.69, 9.17) is 16.2 Å². The Balaban J connectivity index is 1.61. The first kappa shape index (κ1) is 25.3. The summed E-state index contributed by atoms with van der Waals surface area (Å²) in [7, 11) is 2.83. The third kappa shape index (κ3) is 4.47. The molecule has 3 aromatic heterocycles. The van der Waals surface area contributed by atoms with E-state index in [1.54, 1.807) is 37.9 Å². The second kappa shape index (κ2) is 9.86. The van der Waals surface area contributed by atoms with Gasteiger partial charge in [0, 0.05) is 62.5 Å². The second-order valence-electron chi connectivity index (χ2n) is 9.36. The normalized spacial score (nSPS) is 17.6. The van der Waals surface area contributed by atoms with E-state index in [2.05, 4.69) is 20.3 Å². The van der Waals surface area contributed by atoms with E-state index in [-0.39, 0.29) is 29.5 Å². The van der Waals surface area contributed by atoms with Gasteiger partial charge >= 0.3 is 0 Å². The molecule has 0 radical (unpaired) electrons. The highest BCUT2D eigenvalue weighted by Crippen LogP contribution is 2.34. The molecule has 1 aromatic carbocycles. The maximum atomic E-state index is 15.0. The molecule has 4 heterocycles. The van der Waals surface area contributed by atoms with E-state index in [0.717, 1.165) is 29.1 Å². The van der Waals surface area contributed by atoms with Crippen molar-refractivity contribution in [2.24, 2.45) is 5.73 Å². The lowest BCUT2D eigenvalue weighted by atomic mass is 9.88. The number of rotatable bonds is 6. The summed E-state index contributed by atoms with van der Waals surface area (Å²) in [5.41, 5.74) is 14.5. The Bertz CT molecular complexity index is 1520. The van der Waals surface area contributed by atoms with Crippen molar-refractivity contribution >= 4 is 23.1 Å². The summed E-state index contributed by atoms with van der Waals surface area (Å²) in [6, 6.07) is 3.78. The number of fused-ring (bicyclic) bond motifs is 1. The summed E-state index contributed by atoms with van der Waals surface area (Å²) >= 11 is 0. The number of likely N-dealkylation sites (N-methyl/N-ethyl adjacent to an activating group) is 1. The van der Waals surface area contributed by atoms with E-state index in [0.29, 0.717) is 37.3 Å². The van der Waals surface area contributed by atoms with Gasteiger partial charge in [0.15, 0.2) is 23.0 Å². The zero-order chi connectivity index (χ0) is 27.0. The van der Waals surface area contributed by atoms with Crippen molar-refractivity contribution in [3.05, 3.63) is 65.9 Å². The van der Waals surface area contributed by atoms with Gasteiger partial charge in [-0.1, -0.05) is 0 Å². The van der Waals surface area contributed by atoms with Crippen molar-refractivity contribution in [1.82, 2.24) is 24.7 Å². The molecule has 1 aliphatic heterocycles. The number of aromatic nitrogens is 4. The van der Waals surface area contributed by atoms with Crippen LogP contribution in [-0.4, -0.2) is 58.0 Å². The third-order valence-electron chi connectivity index (χ3n) is 6.93. The molecule has 10 nitrogen and oxygen atoms in total. The van der Waals surface area contributed by atoms with E-state index < -0.39 is 17.2 Å². The van der Waals surface area contributed by atoms with Crippen LogP contribution in [0.3, 0.4) is 0 Å². The number of pyridine rings is 1. The number of methoxy groups -OCH3 is 1. The minimum Gasteiger partial charge on any atom is -0.494 e. The number of hydrogen-bond donors (Lipinski definition) is 3. The smallest absolute Gasteiger partial charge is 0.241 e. The zero-order valence-electron chi connectivity index (χ0n) is 21.0. The van der Waals surface area contributed by atoms with Gasteiger partial charge in [-0.2, -0.15) is 0 Å². The van der Waals surface area contributed by atoms with Gasteiger partial charge in [0.2, 0.25) is 5.91 Å². The van der Waals surface area contributed by atoms with Crippen molar-refractivity contribution < 1.29 is 18.3 Å². The van der Waals surface area contributed by atoms with Gasteiger partial charge < -0.3 is 26.4 Å². The van der Waals surface area contributed by atoms with E-state index in [1.165, 1.54) is 7.11 Å². The lowest BCUT2D eigenvalue weighted by Crippen LogP contribution is -2.62. The van der Waals surface area contributed by atoms with Gasteiger partial charge in [0.05, 0.1) is 24.7 Å². The number of benzene rings is 1. The predicted molar refractivity (Wildman–Crippen MR) is 139 cm³/mol. The average Bonchev–Trinajstić information content (AvgIpc) is 3.33. The van der Waals surface area contributed by atoms with Crippen LogP contribution in [0.4, 0.5) is 20.3 Å². The van der Waals surface area contributed by atoms with Crippen LogP contribution in [-0.2, 0) is 11.2 Å². The van der Waals surface area contributed by atoms with Crippen LogP contribution in [0.25, 0.3) is 16.9 Å². The van der Waals surface area contributed by atoms with Crippen molar-refractivity contribution in [2.45, 2.75) is 24.8 Å². The molecule has 1 aliphatic rings. The monoisotopic (exact) mass is 522 g/mol. The number of hydrogen-bond acceptors (Lipinski definition) is 8. The highest BCUT2D eigenvalue weighted by molar-refractivity contribution is 5.87. The molecule has 38 heavy (non-hydrogen) atoms. The largest absolute Gasteiger partial charge is 0.494 e. The SMILES string of the molecule is CNC(=O)[C@@]1(N)CCCN(c2cnc(-c3cc(F)c(OC)cc3F)cc2Cc2cnc3c(N)nccn23)C1. The quantitative estimate of drug-likeness (QED) is 0.351. The van der Waals surface area contributed by atoms with Crippen molar-refractivity contribution in [3.8, 4) is 17.0 Å². The van der Waals surface area contributed by atoms with Crippen LogP contribution in [0.15, 0.2) is 43.0 Å². The van der Waals surface area contributed by atoms with Gasteiger partial charge in [0.25, 0.3) is 0 Å². The zero-order valence-corrected chi connectivity index (χ0v) is 21.0. The van der Waals surface area contributed by atoms with Gasteiger partial charge in [-0.15, -0.1) is 0 Å². The molecule has 0 unspecified atom stereocenters. The molecule has 0 saturated carbocycles. The molecule has 12 heteroatoms. The Kier molecular flexibility index (Phi) is 6.57. The Morgan fingerprint density at radius 3 is 2.76 bits per heavy atom. The van der Waals surface area contributed by atoms with Gasteiger partial charge in [-0.25, -0.2) is 18.7 Å². The maximum Gasteiger partial charge on any atom is 0.241 e. The van der Waals surface area contributed by atoms with Crippen LogP contribution >= 0.6 is 0 Å². The molecule has 5 rings (SSSR count). The summed E-state index contributed by atoms with van der Waals surface area (Å²) in [6.07, 6.45) is 8.25. The van der Waals surface area contributed by atoms with Crippen LogP contribution in [0.5, 0.6) is 5.75 Å². The molecular weight excluding hydrogens is 494 g/mol. The van der Waals surface area contributed by atoms with Crippen molar-refractivity contribution in [2.75, 3.05) is 37.9 Å². The number of piperidine rings is 1. The number of nitrogens with two attached hydrogens (primary N) is 2. The summed E-state index contributed by atoms with van der Waals surface area (Å²) in [5.74, 6) is -1.51. The molecule has 1 fully saturated rings. The minimum absolute atomic E-state index is 0.000127. The first-order valence-corrected chi connectivity index (χ1v) is 12.1. The fourth-order valence-electron chi connectivity index (χ4n) is 4.98. The molecule has 0 spiro atoms.